The lowest BCUT2D eigenvalue weighted by molar-refractivity contribution is -0.130. The van der Waals surface area contributed by atoms with E-state index in [0.717, 1.165) is 54.0 Å². The largest absolute Gasteiger partial charge is 0.342 e. The van der Waals surface area contributed by atoms with Gasteiger partial charge in [-0.15, -0.1) is 11.3 Å². The molecule has 4 nitrogen and oxygen atoms in total. The van der Waals surface area contributed by atoms with Gasteiger partial charge in [-0.25, -0.2) is 9.97 Å². The van der Waals surface area contributed by atoms with Gasteiger partial charge in [0.05, 0.1) is 5.75 Å². The second kappa shape index (κ2) is 7.47. The molecule has 2 aliphatic rings. The summed E-state index contributed by atoms with van der Waals surface area (Å²) in [7, 11) is 0. The summed E-state index contributed by atoms with van der Waals surface area (Å²) in [6.07, 6.45) is 5.88. The molecule has 1 aliphatic heterocycles. The van der Waals surface area contributed by atoms with Crippen molar-refractivity contribution in [2.24, 2.45) is 11.8 Å². The van der Waals surface area contributed by atoms with Gasteiger partial charge >= 0.3 is 0 Å². The van der Waals surface area contributed by atoms with Crippen LogP contribution in [0.3, 0.4) is 0 Å². The number of thioether (sulfide) groups is 1. The zero-order valence-corrected chi connectivity index (χ0v) is 17.5. The molecular formula is C20H27N3OS2. The van der Waals surface area contributed by atoms with Gasteiger partial charge in [0.25, 0.3) is 0 Å². The lowest BCUT2D eigenvalue weighted by Gasteiger charge is -2.30. The van der Waals surface area contributed by atoms with E-state index in [2.05, 4.69) is 13.8 Å². The van der Waals surface area contributed by atoms with E-state index in [9.17, 15) is 4.79 Å². The van der Waals surface area contributed by atoms with Gasteiger partial charge in [0.2, 0.25) is 5.91 Å². The molecule has 1 amide bonds. The average molecular weight is 390 g/mol. The lowest BCUT2D eigenvalue weighted by atomic mass is 9.89. The van der Waals surface area contributed by atoms with Crippen LogP contribution in [-0.4, -0.2) is 39.6 Å². The molecule has 0 aromatic carbocycles. The van der Waals surface area contributed by atoms with Gasteiger partial charge < -0.3 is 4.90 Å². The van der Waals surface area contributed by atoms with Crippen LogP contribution in [0.2, 0.25) is 0 Å². The van der Waals surface area contributed by atoms with Crippen molar-refractivity contribution in [2.45, 2.75) is 57.9 Å². The second-order valence-corrected chi connectivity index (χ2v) is 10.0. The van der Waals surface area contributed by atoms with Crippen LogP contribution in [-0.2, 0) is 17.6 Å². The molecule has 0 radical (unpaired) electrons. The molecule has 140 valence electrons. The summed E-state index contributed by atoms with van der Waals surface area (Å²) in [4.78, 5) is 26.7. The Bertz CT molecular complexity index is 832. The number of likely N-dealkylation sites (tertiary alicyclic amines) is 1. The summed E-state index contributed by atoms with van der Waals surface area (Å²) >= 11 is 3.44. The maximum atomic E-state index is 12.7. The first-order valence-corrected chi connectivity index (χ1v) is 11.5. The molecule has 0 bridgehead atoms. The fourth-order valence-electron chi connectivity index (χ4n) is 4.15. The number of thiophene rings is 1. The van der Waals surface area contributed by atoms with E-state index in [1.165, 1.54) is 28.7 Å². The van der Waals surface area contributed by atoms with Crippen LogP contribution in [0, 0.1) is 18.8 Å². The van der Waals surface area contributed by atoms with Crippen molar-refractivity contribution >= 4 is 39.2 Å². The molecule has 26 heavy (non-hydrogen) atoms. The molecular weight excluding hydrogens is 362 g/mol. The van der Waals surface area contributed by atoms with E-state index in [0.29, 0.717) is 11.7 Å². The first-order chi connectivity index (χ1) is 12.5. The number of carbonyl (C=O) groups excluding carboxylic acids is 1. The fraction of sp³-hybridized carbons (Fsp3) is 0.650. The Morgan fingerprint density at radius 2 is 2.12 bits per heavy atom. The van der Waals surface area contributed by atoms with E-state index in [1.54, 1.807) is 11.8 Å². The van der Waals surface area contributed by atoms with Crippen LogP contribution >= 0.6 is 23.1 Å². The molecule has 3 heterocycles. The molecule has 0 saturated carbocycles. The highest BCUT2D eigenvalue weighted by Gasteiger charge is 2.25. The van der Waals surface area contributed by atoms with Gasteiger partial charge in [-0.05, 0) is 56.4 Å². The predicted octanol–water partition coefficient (Wildman–Crippen LogP) is 4.48. The molecule has 0 spiro atoms. The molecule has 4 rings (SSSR count). The molecule has 1 saturated heterocycles. The normalized spacial score (nSPS) is 23.3. The van der Waals surface area contributed by atoms with Gasteiger partial charge in [-0.3, -0.25) is 4.79 Å². The smallest absolute Gasteiger partial charge is 0.232 e. The molecule has 2 aromatic heterocycles. The number of piperidine rings is 1. The van der Waals surface area contributed by atoms with Crippen LogP contribution in [0.4, 0.5) is 0 Å². The highest BCUT2D eigenvalue weighted by molar-refractivity contribution is 8.00. The summed E-state index contributed by atoms with van der Waals surface area (Å²) in [5, 5.41) is 2.24. The Morgan fingerprint density at radius 3 is 2.92 bits per heavy atom. The van der Waals surface area contributed by atoms with Crippen molar-refractivity contribution in [1.82, 2.24) is 14.9 Å². The summed E-state index contributed by atoms with van der Waals surface area (Å²) in [5.74, 6) is 2.92. The number of carbonyl (C=O) groups is 1. The highest BCUT2D eigenvalue weighted by Crippen LogP contribution is 2.41. The van der Waals surface area contributed by atoms with E-state index >= 15 is 0 Å². The number of amides is 1. The number of hydrogen-bond donors (Lipinski definition) is 0. The van der Waals surface area contributed by atoms with Gasteiger partial charge in [-0.1, -0.05) is 25.6 Å². The standard InChI is InChI=1S/C20H27N3OS2/c1-12-6-7-15-16(9-12)26-20-18(15)19(21-14(3)22-20)25-11-17(24)23-8-4-5-13(2)10-23/h12-13H,4-11H2,1-3H3/t12-,13+/m0/s1. The molecule has 2 aromatic rings. The summed E-state index contributed by atoms with van der Waals surface area (Å²) < 4.78 is 0. The van der Waals surface area contributed by atoms with E-state index in [4.69, 9.17) is 9.97 Å². The quantitative estimate of drug-likeness (QED) is 0.574. The van der Waals surface area contributed by atoms with Crippen LogP contribution in [0.1, 0.15) is 49.4 Å². The molecule has 2 atom stereocenters. The Kier molecular flexibility index (Phi) is 5.24. The number of fused-ring (bicyclic) bond motifs is 3. The Labute approximate surface area is 163 Å². The Balaban J connectivity index is 1.57. The van der Waals surface area contributed by atoms with E-state index < -0.39 is 0 Å². The zero-order valence-electron chi connectivity index (χ0n) is 15.9. The Hall–Kier alpha value is -1.14. The summed E-state index contributed by atoms with van der Waals surface area (Å²) in [6, 6.07) is 0. The van der Waals surface area contributed by atoms with Gasteiger partial charge in [-0.2, -0.15) is 0 Å². The first kappa shape index (κ1) is 18.2. The van der Waals surface area contributed by atoms with E-state index in [1.807, 2.05) is 23.2 Å². The molecule has 0 unspecified atom stereocenters. The van der Waals surface area contributed by atoms with Crippen molar-refractivity contribution in [3.63, 3.8) is 0 Å². The topological polar surface area (TPSA) is 46.1 Å². The number of hydrogen-bond acceptors (Lipinski definition) is 5. The fourth-order valence-corrected chi connectivity index (χ4v) is 6.65. The lowest BCUT2D eigenvalue weighted by Crippen LogP contribution is -2.40. The summed E-state index contributed by atoms with van der Waals surface area (Å²) in [6.45, 7) is 8.34. The third-order valence-corrected chi connectivity index (χ3v) is 7.68. The number of aromatic nitrogens is 2. The van der Waals surface area contributed by atoms with Crippen molar-refractivity contribution in [2.75, 3.05) is 18.8 Å². The van der Waals surface area contributed by atoms with Gasteiger partial charge in [0, 0.05) is 23.4 Å². The maximum Gasteiger partial charge on any atom is 0.232 e. The van der Waals surface area contributed by atoms with Gasteiger partial charge in [0.1, 0.15) is 15.7 Å². The number of rotatable bonds is 3. The van der Waals surface area contributed by atoms with Gasteiger partial charge in [0.15, 0.2) is 0 Å². The third kappa shape index (κ3) is 3.63. The molecule has 1 fully saturated rings. The Morgan fingerprint density at radius 1 is 1.27 bits per heavy atom. The van der Waals surface area contributed by atoms with Crippen molar-refractivity contribution in [3.8, 4) is 0 Å². The van der Waals surface area contributed by atoms with Crippen LogP contribution in [0.15, 0.2) is 5.03 Å². The van der Waals surface area contributed by atoms with E-state index in [-0.39, 0.29) is 5.91 Å². The minimum atomic E-state index is 0.253. The molecule has 6 heteroatoms. The second-order valence-electron chi connectivity index (χ2n) is 7.98. The monoisotopic (exact) mass is 389 g/mol. The predicted molar refractivity (Wildman–Crippen MR) is 109 cm³/mol. The molecule has 0 N–H and O–H groups in total. The third-order valence-electron chi connectivity index (χ3n) is 5.58. The zero-order chi connectivity index (χ0) is 18.3. The molecule has 1 aliphatic carbocycles. The SMILES string of the molecule is Cc1nc(SCC(=O)N2CCC[C@@H](C)C2)c2c3c(sc2n1)C[C@@H](C)CC3. The first-order valence-electron chi connectivity index (χ1n) is 9.70. The maximum absolute atomic E-state index is 12.7. The number of aryl methyl sites for hydroxylation is 2. The van der Waals surface area contributed by atoms with Crippen molar-refractivity contribution in [3.05, 3.63) is 16.3 Å². The van der Waals surface area contributed by atoms with Crippen LogP contribution in [0.5, 0.6) is 0 Å². The average Bonchev–Trinajstić information content (AvgIpc) is 2.96. The minimum Gasteiger partial charge on any atom is -0.342 e. The highest BCUT2D eigenvalue weighted by atomic mass is 32.2. The number of nitrogens with zero attached hydrogens (tertiary/aromatic N) is 3. The minimum absolute atomic E-state index is 0.253. The summed E-state index contributed by atoms with van der Waals surface area (Å²) in [5.41, 5.74) is 1.45. The van der Waals surface area contributed by atoms with Crippen LogP contribution in [0.25, 0.3) is 10.2 Å². The van der Waals surface area contributed by atoms with Crippen molar-refractivity contribution < 1.29 is 4.79 Å². The van der Waals surface area contributed by atoms with Crippen LogP contribution < -0.4 is 0 Å². The van der Waals surface area contributed by atoms with Crippen molar-refractivity contribution in [1.29, 1.82) is 0 Å².